The summed E-state index contributed by atoms with van der Waals surface area (Å²) in [6.07, 6.45) is 6.69. The van der Waals surface area contributed by atoms with Crippen LogP contribution in [-0.2, 0) is 4.74 Å². The van der Waals surface area contributed by atoms with E-state index < -0.39 is 36.1 Å². The minimum absolute atomic E-state index is 0.106. The van der Waals surface area contributed by atoms with Gasteiger partial charge in [0.05, 0.1) is 12.0 Å². The standard InChI is InChI=1S/C33H46F6O2/c1-21-2-4-22(5-3-21)23-6-8-24(9-7-23)25-10-15-28(16-11-25)32(35,36)40-29-17-12-26(13-18-29)27-14-19-31(30(34)20-27)41-33(37,38)39/h14,19-26,28-29H,2-13,15-18H2,1H3. The van der Waals surface area contributed by atoms with Crippen LogP contribution in [0.5, 0.6) is 5.75 Å². The van der Waals surface area contributed by atoms with Crippen molar-refractivity contribution in [3.8, 4) is 5.75 Å². The maximum atomic E-state index is 15.2. The molecule has 1 aromatic rings. The van der Waals surface area contributed by atoms with E-state index in [1.165, 1.54) is 57.4 Å². The van der Waals surface area contributed by atoms with E-state index in [0.29, 0.717) is 55.9 Å². The zero-order chi connectivity index (χ0) is 29.2. The number of ether oxygens (including phenoxy) is 2. The SMILES string of the molecule is CC1CCC(C2CCC(C3CCC(C(F)(F)OC4CCC(c5ccc(OC(F)(F)F)c(F)c5)CC4)CC3)CC2)CC1. The fourth-order valence-electron chi connectivity index (χ4n) is 8.58. The first kappa shape index (κ1) is 31.0. The minimum Gasteiger partial charge on any atom is -0.403 e. The van der Waals surface area contributed by atoms with Gasteiger partial charge in [-0.3, -0.25) is 0 Å². The van der Waals surface area contributed by atoms with Crippen LogP contribution in [0.2, 0.25) is 0 Å². The van der Waals surface area contributed by atoms with Crippen molar-refractivity contribution in [2.75, 3.05) is 0 Å². The van der Waals surface area contributed by atoms with Gasteiger partial charge in [-0.25, -0.2) is 4.39 Å². The quantitative estimate of drug-likeness (QED) is 0.295. The van der Waals surface area contributed by atoms with Gasteiger partial charge in [0, 0.05) is 0 Å². The Labute approximate surface area is 240 Å². The van der Waals surface area contributed by atoms with Gasteiger partial charge in [0.25, 0.3) is 0 Å². The van der Waals surface area contributed by atoms with Crippen LogP contribution >= 0.6 is 0 Å². The monoisotopic (exact) mass is 588 g/mol. The lowest BCUT2D eigenvalue weighted by Gasteiger charge is -2.42. The van der Waals surface area contributed by atoms with Gasteiger partial charge in [0.2, 0.25) is 0 Å². The molecule has 1 aromatic carbocycles. The van der Waals surface area contributed by atoms with Crippen molar-refractivity contribution < 1.29 is 35.8 Å². The van der Waals surface area contributed by atoms with Crippen LogP contribution in [0.1, 0.15) is 121 Å². The molecule has 0 spiro atoms. The lowest BCUT2D eigenvalue weighted by atomic mass is 9.65. The smallest absolute Gasteiger partial charge is 0.403 e. The van der Waals surface area contributed by atoms with Crippen LogP contribution in [0.25, 0.3) is 0 Å². The summed E-state index contributed by atoms with van der Waals surface area (Å²) in [5.74, 6) is 1.14. The van der Waals surface area contributed by atoms with Gasteiger partial charge in [-0.1, -0.05) is 25.8 Å². The maximum Gasteiger partial charge on any atom is 0.573 e. The third kappa shape index (κ3) is 8.14. The van der Waals surface area contributed by atoms with Crippen molar-refractivity contribution in [2.45, 2.75) is 134 Å². The Kier molecular flexibility index (Phi) is 9.87. The van der Waals surface area contributed by atoms with Crippen LogP contribution in [-0.4, -0.2) is 18.6 Å². The highest BCUT2D eigenvalue weighted by Gasteiger charge is 2.46. The van der Waals surface area contributed by atoms with E-state index in [2.05, 4.69) is 11.7 Å². The number of hydrogen-bond donors (Lipinski definition) is 0. The van der Waals surface area contributed by atoms with Gasteiger partial charge in [-0.2, -0.15) is 8.78 Å². The van der Waals surface area contributed by atoms with E-state index in [1.807, 2.05) is 0 Å². The predicted molar refractivity (Wildman–Crippen MR) is 146 cm³/mol. The summed E-state index contributed by atoms with van der Waals surface area (Å²) in [7, 11) is 0. The van der Waals surface area contributed by atoms with E-state index in [-0.39, 0.29) is 5.92 Å². The summed E-state index contributed by atoms with van der Waals surface area (Å²) < 4.78 is 90.9. The van der Waals surface area contributed by atoms with E-state index >= 15 is 8.78 Å². The third-order valence-electron chi connectivity index (χ3n) is 11.1. The Morgan fingerprint density at radius 1 is 0.634 bits per heavy atom. The van der Waals surface area contributed by atoms with E-state index in [0.717, 1.165) is 42.7 Å². The van der Waals surface area contributed by atoms with Gasteiger partial charge < -0.3 is 9.47 Å². The number of hydrogen-bond acceptors (Lipinski definition) is 2. The minimum atomic E-state index is -4.96. The van der Waals surface area contributed by atoms with Gasteiger partial charge >= 0.3 is 12.5 Å². The molecular formula is C33H46F6O2. The molecule has 41 heavy (non-hydrogen) atoms. The number of alkyl halides is 5. The van der Waals surface area contributed by atoms with Crippen molar-refractivity contribution in [1.29, 1.82) is 0 Å². The topological polar surface area (TPSA) is 18.5 Å². The molecule has 232 valence electrons. The Bertz CT molecular complexity index is 964. The average Bonchev–Trinajstić information content (AvgIpc) is 2.94. The molecule has 0 unspecified atom stereocenters. The first-order valence-electron chi connectivity index (χ1n) is 16.1. The fourth-order valence-corrected chi connectivity index (χ4v) is 8.58. The second-order valence-electron chi connectivity index (χ2n) is 13.7. The number of benzene rings is 1. The summed E-state index contributed by atoms with van der Waals surface area (Å²) >= 11 is 0. The molecule has 2 nitrogen and oxygen atoms in total. The molecule has 0 saturated heterocycles. The molecule has 0 heterocycles. The van der Waals surface area contributed by atoms with Crippen molar-refractivity contribution in [3.63, 3.8) is 0 Å². The van der Waals surface area contributed by atoms with Crippen LogP contribution in [0.3, 0.4) is 0 Å². The molecule has 5 rings (SSSR count). The van der Waals surface area contributed by atoms with Crippen molar-refractivity contribution in [2.24, 2.45) is 35.5 Å². The summed E-state index contributed by atoms with van der Waals surface area (Å²) in [5.41, 5.74) is 0.558. The molecule has 4 saturated carbocycles. The Morgan fingerprint density at radius 3 is 1.61 bits per heavy atom. The molecule has 0 N–H and O–H groups in total. The molecule has 4 aliphatic rings. The summed E-state index contributed by atoms with van der Waals surface area (Å²) in [6.45, 7) is 2.37. The van der Waals surface area contributed by atoms with Crippen LogP contribution < -0.4 is 4.74 Å². The normalized spacial score (nSPS) is 35.7. The van der Waals surface area contributed by atoms with E-state index in [1.54, 1.807) is 0 Å². The summed E-state index contributed by atoms with van der Waals surface area (Å²) in [6, 6.07) is 3.46. The molecule has 0 atom stereocenters. The highest BCUT2D eigenvalue weighted by atomic mass is 19.4. The molecule has 0 radical (unpaired) electrons. The van der Waals surface area contributed by atoms with Gasteiger partial charge in [0.15, 0.2) is 11.6 Å². The molecule has 4 fully saturated rings. The molecule has 0 aromatic heterocycles. The maximum absolute atomic E-state index is 15.2. The second kappa shape index (κ2) is 13.1. The summed E-state index contributed by atoms with van der Waals surface area (Å²) in [4.78, 5) is 0. The molecule has 8 heteroatoms. The average molecular weight is 589 g/mol. The number of halogens is 6. The van der Waals surface area contributed by atoms with Crippen molar-refractivity contribution in [3.05, 3.63) is 29.6 Å². The van der Waals surface area contributed by atoms with Crippen molar-refractivity contribution in [1.82, 2.24) is 0 Å². The first-order chi connectivity index (χ1) is 19.5. The van der Waals surface area contributed by atoms with Crippen LogP contribution in [0.15, 0.2) is 18.2 Å². The highest BCUT2D eigenvalue weighted by molar-refractivity contribution is 5.31. The number of rotatable bonds is 7. The zero-order valence-electron chi connectivity index (χ0n) is 24.2. The molecule has 0 aliphatic heterocycles. The predicted octanol–water partition coefficient (Wildman–Crippen LogP) is 10.8. The van der Waals surface area contributed by atoms with Gasteiger partial charge in [-0.05, 0) is 143 Å². The lowest BCUT2D eigenvalue weighted by molar-refractivity contribution is -0.301. The van der Waals surface area contributed by atoms with Crippen LogP contribution in [0, 0.1) is 41.3 Å². The van der Waals surface area contributed by atoms with Gasteiger partial charge in [-0.15, -0.1) is 13.2 Å². The van der Waals surface area contributed by atoms with Gasteiger partial charge in [0.1, 0.15) is 0 Å². The first-order valence-corrected chi connectivity index (χ1v) is 16.1. The highest BCUT2D eigenvalue weighted by Crippen LogP contribution is 2.49. The summed E-state index contributed by atoms with van der Waals surface area (Å²) in [5, 5.41) is 0. The largest absolute Gasteiger partial charge is 0.573 e. The fraction of sp³-hybridized carbons (Fsp3) is 0.818. The lowest BCUT2D eigenvalue weighted by Crippen LogP contribution is -2.39. The van der Waals surface area contributed by atoms with Crippen molar-refractivity contribution >= 4 is 0 Å². The molecule has 0 amide bonds. The molecule has 4 aliphatic carbocycles. The van der Waals surface area contributed by atoms with E-state index in [9.17, 15) is 17.6 Å². The third-order valence-corrected chi connectivity index (χ3v) is 11.1. The zero-order valence-corrected chi connectivity index (χ0v) is 24.2. The Balaban J connectivity index is 1.03. The molecule has 0 bridgehead atoms. The Hall–Kier alpha value is -1.44. The van der Waals surface area contributed by atoms with E-state index in [4.69, 9.17) is 4.74 Å². The Morgan fingerprint density at radius 2 is 1.12 bits per heavy atom. The van der Waals surface area contributed by atoms with Crippen LogP contribution in [0.4, 0.5) is 26.3 Å². The second-order valence-corrected chi connectivity index (χ2v) is 13.7. The molecular weight excluding hydrogens is 542 g/mol.